The number of non-ortho nitro benzene ring substituents is 1. The Morgan fingerprint density at radius 3 is 2.79 bits per heavy atom. The van der Waals surface area contributed by atoms with E-state index >= 15 is 0 Å². The molecule has 7 heteroatoms. The van der Waals surface area contributed by atoms with Crippen molar-refractivity contribution in [3.63, 3.8) is 0 Å². The number of ether oxygens (including phenoxy) is 1. The maximum atomic E-state index is 10.9. The van der Waals surface area contributed by atoms with Gasteiger partial charge in [-0.1, -0.05) is 36.0 Å². The second-order valence-corrected chi connectivity index (χ2v) is 4.86. The number of aromatic nitrogens is 2. The molecule has 3 aromatic rings. The average Bonchev–Trinajstić information content (AvgIpc) is 3.10. The largest absolute Gasteiger partial charge is 0.490 e. The van der Waals surface area contributed by atoms with Crippen molar-refractivity contribution in [2.75, 3.05) is 6.61 Å². The first kappa shape index (κ1) is 15.4. The highest BCUT2D eigenvalue weighted by atomic mass is 16.6. The van der Waals surface area contributed by atoms with E-state index in [1.807, 2.05) is 18.2 Å². The molecule has 0 aliphatic carbocycles. The molecule has 7 nitrogen and oxygen atoms in total. The molecule has 0 aliphatic rings. The highest BCUT2D eigenvalue weighted by Crippen LogP contribution is 2.26. The van der Waals surface area contributed by atoms with Gasteiger partial charge in [-0.15, -0.1) is 0 Å². The predicted octanol–water partition coefficient (Wildman–Crippen LogP) is 3.88. The summed E-state index contributed by atoms with van der Waals surface area (Å²) in [6, 6.07) is 13.3. The van der Waals surface area contributed by atoms with Gasteiger partial charge in [0.2, 0.25) is 5.82 Å². The Kier molecular flexibility index (Phi) is 4.33. The van der Waals surface area contributed by atoms with Gasteiger partial charge in [0.05, 0.1) is 4.92 Å². The molecule has 0 bridgehead atoms. The first-order valence-electron chi connectivity index (χ1n) is 7.10. The standard InChI is InChI=1S/C17H13N3O4/c1-2-9-23-15-8-4-6-13(11-15)17-18-16(19-24-17)12-5-3-7-14(10-12)20(21)22/h2-8,10-11H,1,9H2. The zero-order valence-electron chi connectivity index (χ0n) is 12.6. The van der Waals surface area contributed by atoms with Crippen LogP contribution in [0.2, 0.25) is 0 Å². The molecule has 1 aromatic heterocycles. The van der Waals surface area contributed by atoms with Gasteiger partial charge in [-0.25, -0.2) is 0 Å². The van der Waals surface area contributed by atoms with Gasteiger partial charge in [0.25, 0.3) is 11.6 Å². The van der Waals surface area contributed by atoms with Gasteiger partial charge in [0.1, 0.15) is 12.4 Å². The van der Waals surface area contributed by atoms with Crippen molar-refractivity contribution in [3.05, 3.63) is 71.3 Å². The van der Waals surface area contributed by atoms with E-state index in [9.17, 15) is 10.1 Å². The lowest BCUT2D eigenvalue weighted by atomic mass is 10.2. The van der Waals surface area contributed by atoms with E-state index < -0.39 is 4.92 Å². The van der Waals surface area contributed by atoms with E-state index in [4.69, 9.17) is 9.26 Å². The Hall–Kier alpha value is -3.48. The summed E-state index contributed by atoms with van der Waals surface area (Å²) in [5, 5.41) is 14.7. The van der Waals surface area contributed by atoms with Crippen LogP contribution in [-0.2, 0) is 0 Å². The van der Waals surface area contributed by atoms with E-state index in [1.165, 1.54) is 12.1 Å². The molecule has 0 fully saturated rings. The smallest absolute Gasteiger partial charge is 0.270 e. The van der Waals surface area contributed by atoms with Crippen LogP contribution in [0.3, 0.4) is 0 Å². The molecule has 0 N–H and O–H groups in total. The summed E-state index contributed by atoms with van der Waals surface area (Å²) in [7, 11) is 0. The van der Waals surface area contributed by atoms with Crippen molar-refractivity contribution in [1.29, 1.82) is 0 Å². The summed E-state index contributed by atoms with van der Waals surface area (Å²) in [5.41, 5.74) is 1.18. The van der Waals surface area contributed by atoms with Crippen LogP contribution in [0, 0.1) is 10.1 Å². The fourth-order valence-electron chi connectivity index (χ4n) is 2.09. The van der Waals surface area contributed by atoms with Gasteiger partial charge in [-0.2, -0.15) is 4.98 Å². The monoisotopic (exact) mass is 323 g/mol. The number of hydrogen-bond acceptors (Lipinski definition) is 6. The number of nitrogens with zero attached hydrogens (tertiary/aromatic N) is 3. The van der Waals surface area contributed by atoms with Crippen molar-refractivity contribution < 1.29 is 14.2 Å². The average molecular weight is 323 g/mol. The molecule has 2 aromatic carbocycles. The van der Waals surface area contributed by atoms with Gasteiger partial charge >= 0.3 is 0 Å². The second kappa shape index (κ2) is 6.74. The fraction of sp³-hybridized carbons (Fsp3) is 0.0588. The van der Waals surface area contributed by atoms with E-state index in [0.717, 1.165) is 0 Å². The third-order valence-electron chi connectivity index (χ3n) is 3.19. The van der Waals surface area contributed by atoms with Gasteiger partial charge in [0, 0.05) is 23.3 Å². The summed E-state index contributed by atoms with van der Waals surface area (Å²) in [6.07, 6.45) is 1.65. The normalized spacial score (nSPS) is 10.3. The van der Waals surface area contributed by atoms with E-state index in [2.05, 4.69) is 16.7 Å². The first-order chi connectivity index (χ1) is 11.7. The summed E-state index contributed by atoms with van der Waals surface area (Å²) < 4.78 is 10.7. The minimum atomic E-state index is -0.467. The maximum absolute atomic E-state index is 10.9. The lowest BCUT2D eigenvalue weighted by molar-refractivity contribution is -0.384. The molecule has 1 heterocycles. The summed E-state index contributed by atoms with van der Waals surface area (Å²) in [6.45, 7) is 3.99. The summed E-state index contributed by atoms with van der Waals surface area (Å²) in [5.74, 6) is 1.24. The molecule has 0 radical (unpaired) electrons. The first-order valence-corrected chi connectivity index (χ1v) is 7.10. The van der Waals surface area contributed by atoms with Crippen LogP contribution in [0.15, 0.2) is 65.7 Å². The highest BCUT2D eigenvalue weighted by Gasteiger charge is 2.14. The number of hydrogen-bond donors (Lipinski definition) is 0. The van der Waals surface area contributed by atoms with Crippen LogP contribution < -0.4 is 4.74 Å². The minimum Gasteiger partial charge on any atom is -0.490 e. The van der Waals surface area contributed by atoms with Crippen molar-refractivity contribution in [1.82, 2.24) is 10.1 Å². The predicted molar refractivity (Wildman–Crippen MR) is 87.5 cm³/mol. The third-order valence-corrected chi connectivity index (χ3v) is 3.19. The SMILES string of the molecule is C=CCOc1cccc(-c2nc(-c3cccc([N+](=O)[O-])c3)no2)c1. The second-order valence-electron chi connectivity index (χ2n) is 4.86. The van der Waals surface area contributed by atoms with E-state index in [0.29, 0.717) is 29.4 Å². The van der Waals surface area contributed by atoms with Crippen LogP contribution in [0.25, 0.3) is 22.8 Å². The van der Waals surface area contributed by atoms with Gasteiger partial charge < -0.3 is 9.26 Å². The number of nitro groups is 1. The Morgan fingerprint density at radius 2 is 2.00 bits per heavy atom. The van der Waals surface area contributed by atoms with Crippen molar-refractivity contribution in [2.24, 2.45) is 0 Å². The highest BCUT2D eigenvalue weighted by molar-refractivity contribution is 5.62. The molecule has 0 spiro atoms. The molecule has 24 heavy (non-hydrogen) atoms. The van der Waals surface area contributed by atoms with Crippen LogP contribution in [0.1, 0.15) is 0 Å². The van der Waals surface area contributed by atoms with Crippen molar-refractivity contribution in [2.45, 2.75) is 0 Å². The Morgan fingerprint density at radius 1 is 1.21 bits per heavy atom. The van der Waals surface area contributed by atoms with Gasteiger partial charge in [-0.05, 0) is 18.2 Å². The molecule has 0 atom stereocenters. The Bertz CT molecular complexity index is 889. The van der Waals surface area contributed by atoms with Gasteiger partial charge in [-0.3, -0.25) is 10.1 Å². The zero-order valence-corrected chi connectivity index (χ0v) is 12.6. The Balaban J connectivity index is 1.89. The fourth-order valence-corrected chi connectivity index (χ4v) is 2.09. The molecule has 0 saturated heterocycles. The third kappa shape index (κ3) is 3.30. The number of nitro benzene ring substituents is 1. The Labute approximate surface area is 137 Å². The zero-order chi connectivity index (χ0) is 16.9. The quantitative estimate of drug-likeness (QED) is 0.388. The molecular weight excluding hydrogens is 310 g/mol. The van der Waals surface area contributed by atoms with Crippen LogP contribution in [0.5, 0.6) is 5.75 Å². The summed E-state index contributed by atoms with van der Waals surface area (Å²) in [4.78, 5) is 14.7. The van der Waals surface area contributed by atoms with Crippen LogP contribution in [0.4, 0.5) is 5.69 Å². The molecular formula is C17H13N3O4. The molecule has 120 valence electrons. The maximum Gasteiger partial charge on any atom is 0.270 e. The van der Waals surface area contributed by atoms with Crippen molar-refractivity contribution >= 4 is 5.69 Å². The topological polar surface area (TPSA) is 91.3 Å². The number of rotatable bonds is 6. The molecule has 0 aliphatic heterocycles. The molecule has 0 amide bonds. The lowest BCUT2D eigenvalue weighted by Gasteiger charge is -2.03. The molecule has 0 saturated carbocycles. The van der Waals surface area contributed by atoms with Crippen LogP contribution >= 0.6 is 0 Å². The summed E-state index contributed by atoms with van der Waals surface area (Å²) >= 11 is 0. The van der Waals surface area contributed by atoms with Crippen LogP contribution in [-0.4, -0.2) is 21.7 Å². The van der Waals surface area contributed by atoms with E-state index in [-0.39, 0.29) is 11.5 Å². The minimum absolute atomic E-state index is 0.0290. The van der Waals surface area contributed by atoms with E-state index in [1.54, 1.807) is 24.3 Å². The molecule has 3 rings (SSSR count). The lowest BCUT2D eigenvalue weighted by Crippen LogP contribution is -1.92. The number of benzene rings is 2. The van der Waals surface area contributed by atoms with Gasteiger partial charge in [0.15, 0.2) is 0 Å². The molecule has 0 unspecified atom stereocenters. The van der Waals surface area contributed by atoms with Crippen molar-refractivity contribution in [3.8, 4) is 28.6 Å².